The second kappa shape index (κ2) is 4.97. The highest BCUT2D eigenvalue weighted by molar-refractivity contribution is 5.74. The first kappa shape index (κ1) is 12.9. The molecule has 2 aliphatic rings. The van der Waals surface area contributed by atoms with Gasteiger partial charge in [-0.3, -0.25) is 4.79 Å². The summed E-state index contributed by atoms with van der Waals surface area (Å²) in [4.78, 5) is 13.7. The molecule has 3 heteroatoms. The number of hydrogen-bond donors (Lipinski definition) is 1. The van der Waals surface area contributed by atoms with Crippen molar-refractivity contribution in [1.29, 1.82) is 0 Å². The maximum Gasteiger partial charge on any atom is 0.309 e. The normalized spacial score (nSPS) is 27.4. The summed E-state index contributed by atoms with van der Waals surface area (Å²) in [6.07, 6.45) is 7.14. The monoisotopic (exact) mass is 239 g/mol. The Labute approximate surface area is 104 Å². The van der Waals surface area contributed by atoms with Gasteiger partial charge in [0.15, 0.2) is 0 Å². The molecule has 1 atom stereocenters. The van der Waals surface area contributed by atoms with Crippen LogP contribution in [0.15, 0.2) is 0 Å². The number of piperidine rings is 1. The lowest BCUT2D eigenvalue weighted by Gasteiger charge is -2.41. The van der Waals surface area contributed by atoms with E-state index in [1.54, 1.807) is 0 Å². The zero-order valence-electron chi connectivity index (χ0n) is 11.1. The van der Waals surface area contributed by atoms with Crippen LogP contribution in [-0.2, 0) is 4.79 Å². The number of carboxylic acid groups (broad SMARTS) is 1. The third-order valence-corrected chi connectivity index (χ3v) is 4.94. The summed E-state index contributed by atoms with van der Waals surface area (Å²) in [5.74, 6) is 0.321. The topological polar surface area (TPSA) is 40.5 Å². The van der Waals surface area contributed by atoms with Crippen LogP contribution >= 0.6 is 0 Å². The van der Waals surface area contributed by atoms with Crippen LogP contribution in [0.2, 0.25) is 0 Å². The Morgan fingerprint density at radius 1 is 1.41 bits per heavy atom. The molecule has 0 radical (unpaired) electrons. The molecule has 0 aromatic carbocycles. The molecule has 2 fully saturated rings. The summed E-state index contributed by atoms with van der Waals surface area (Å²) in [6, 6.07) is 0.638. The Morgan fingerprint density at radius 3 is 2.41 bits per heavy atom. The molecule has 1 aliphatic carbocycles. The van der Waals surface area contributed by atoms with Crippen LogP contribution in [0, 0.1) is 11.3 Å². The number of carbonyl (C=O) groups is 1. The molecule has 0 aromatic heterocycles. The molecule has 1 heterocycles. The minimum atomic E-state index is -0.621. The second-order valence-corrected chi connectivity index (χ2v) is 6.28. The van der Waals surface area contributed by atoms with Crippen LogP contribution in [0.4, 0.5) is 0 Å². The minimum absolute atomic E-state index is 0.479. The minimum Gasteiger partial charge on any atom is -0.481 e. The molecule has 3 nitrogen and oxygen atoms in total. The molecule has 1 N–H and O–H groups in total. The van der Waals surface area contributed by atoms with Crippen LogP contribution < -0.4 is 0 Å². The number of nitrogens with zero attached hydrogens (tertiary/aromatic N) is 1. The van der Waals surface area contributed by atoms with Crippen molar-refractivity contribution in [3.05, 3.63) is 0 Å². The van der Waals surface area contributed by atoms with E-state index in [-0.39, 0.29) is 0 Å². The van der Waals surface area contributed by atoms with E-state index in [0.717, 1.165) is 31.8 Å². The Morgan fingerprint density at radius 2 is 2.00 bits per heavy atom. The quantitative estimate of drug-likeness (QED) is 0.820. The molecule has 0 spiro atoms. The Balaban J connectivity index is 1.79. The SMILES string of the molecule is CC(CC1CCC1)N1CCC(C)(C(=O)O)CC1. The zero-order chi connectivity index (χ0) is 12.5. The lowest BCUT2D eigenvalue weighted by molar-refractivity contribution is -0.151. The van der Waals surface area contributed by atoms with Crippen molar-refractivity contribution in [3.8, 4) is 0 Å². The molecular formula is C14H25NO2. The average molecular weight is 239 g/mol. The first-order chi connectivity index (χ1) is 8.01. The van der Waals surface area contributed by atoms with Crippen molar-refractivity contribution in [2.24, 2.45) is 11.3 Å². The molecule has 1 aliphatic heterocycles. The molecule has 0 aromatic rings. The highest BCUT2D eigenvalue weighted by atomic mass is 16.4. The smallest absolute Gasteiger partial charge is 0.309 e. The molecule has 0 amide bonds. The standard InChI is InChI=1S/C14H25NO2/c1-11(10-12-4-3-5-12)15-8-6-14(2,7-9-15)13(16)17/h11-12H,3-10H2,1-2H3,(H,16,17). The maximum absolute atomic E-state index is 11.2. The lowest BCUT2D eigenvalue weighted by atomic mass is 9.78. The predicted octanol–water partition coefficient (Wildman–Crippen LogP) is 2.75. The highest BCUT2D eigenvalue weighted by Gasteiger charge is 2.38. The van der Waals surface area contributed by atoms with E-state index in [0.29, 0.717) is 6.04 Å². The van der Waals surface area contributed by atoms with Crippen molar-refractivity contribution in [2.75, 3.05) is 13.1 Å². The second-order valence-electron chi connectivity index (χ2n) is 6.28. The fourth-order valence-electron chi connectivity index (χ4n) is 3.03. The predicted molar refractivity (Wildman–Crippen MR) is 68.0 cm³/mol. The zero-order valence-corrected chi connectivity index (χ0v) is 11.1. The van der Waals surface area contributed by atoms with Gasteiger partial charge in [0.05, 0.1) is 5.41 Å². The number of aliphatic carboxylic acids is 1. The van der Waals surface area contributed by atoms with Gasteiger partial charge < -0.3 is 10.0 Å². The van der Waals surface area contributed by atoms with E-state index in [9.17, 15) is 9.90 Å². The third-order valence-electron chi connectivity index (χ3n) is 4.94. The van der Waals surface area contributed by atoms with E-state index in [4.69, 9.17) is 0 Å². The Hall–Kier alpha value is -0.570. The fourth-order valence-corrected chi connectivity index (χ4v) is 3.03. The van der Waals surface area contributed by atoms with Crippen LogP contribution in [-0.4, -0.2) is 35.1 Å². The van der Waals surface area contributed by atoms with Gasteiger partial charge >= 0.3 is 5.97 Å². The number of carboxylic acids is 1. The Bertz CT molecular complexity index is 278. The summed E-state index contributed by atoms with van der Waals surface area (Å²) < 4.78 is 0. The molecule has 1 saturated carbocycles. The van der Waals surface area contributed by atoms with Crippen LogP contribution in [0.5, 0.6) is 0 Å². The number of rotatable bonds is 4. The van der Waals surface area contributed by atoms with Gasteiger partial charge in [-0.05, 0) is 52.1 Å². The van der Waals surface area contributed by atoms with Gasteiger partial charge in [-0.15, -0.1) is 0 Å². The largest absolute Gasteiger partial charge is 0.481 e. The highest BCUT2D eigenvalue weighted by Crippen LogP contribution is 2.35. The summed E-state index contributed by atoms with van der Waals surface area (Å²) in [5.41, 5.74) is -0.479. The number of hydrogen-bond acceptors (Lipinski definition) is 2. The van der Waals surface area contributed by atoms with Crippen molar-refractivity contribution in [1.82, 2.24) is 4.90 Å². The van der Waals surface area contributed by atoms with E-state index in [2.05, 4.69) is 11.8 Å². The van der Waals surface area contributed by atoms with Crippen molar-refractivity contribution in [2.45, 2.75) is 58.4 Å². The first-order valence-electron chi connectivity index (χ1n) is 6.99. The van der Waals surface area contributed by atoms with Gasteiger partial charge in [-0.1, -0.05) is 19.3 Å². The van der Waals surface area contributed by atoms with Gasteiger partial charge in [0.25, 0.3) is 0 Å². The van der Waals surface area contributed by atoms with Gasteiger partial charge in [-0.2, -0.15) is 0 Å². The van der Waals surface area contributed by atoms with E-state index in [1.165, 1.54) is 25.7 Å². The number of likely N-dealkylation sites (tertiary alicyclic amines) is 1. The van der Waals surface area contributed by atoms with Gasteiger partial charge in [0.1, 0.15) is 0 Å². The fraction of sp³-hybridized carbons (Fsp3) is 0.929. The van der Waals surface area contributed by atoms with E-state index >= 15 is 0 Å². The average Bonchev–Trinajstić information content (AvgIpc) is 2.24. The maximum atomic E-state index is 11.2. The summed E-state index contributed by atoms with van der Waals surface area (Å²) in [5, 5.41) is 9.20. The molecule has 0 bridgehead atoms. The van der Waals surface area contributed by atoms with Gasteiger partial charge in [0.2, 0.25) is 0 Å². The summed E-state index contributed by atoms with van der Waals surface area (Å²) in [6.45, 7) is 6.11. The molecule has 98 valence electrons. The van der Waals surface area contributed by atoms with Crippen molar-refractivity contribution < 1.29 is 9.90 Å². The molecule has 1 unspecified atom stereocenters. The van der Waals surface area contributed by atoms with Crippen LogP contribution in [0.25, 0.3) is 0 Å². The van der Waals surface area contributed by atoms with Crippen LogP contribution in [0.3, 0.4) is 0 Å². The third kappa shape index (κ3) is 2.82. The van der Waals surface area contributed by atoms with Gasteiger partial charge in [-0.25, -0.2) is 0 Å². The molecular weight excluding hydrogens is 214 g/mol. The van der Waals surface area contributed by atoms with Gasteiger partial charge in [0, 0.05) is 6.04 Å². The molecule has 1 saturated heterocycles. The van der Waals surface area contributed by atoms with Crippen LogP contribution in [0.1, 0.15) is 52.4 Å². The lowest BCUT2D eigenvalue weighted by Crippen LogP contribution is -2.46. The Kier molecular flexibility index (Phi) is 3.76. The summed E-state index contributed by atoms with van der Waals surface area (Å²) >= 11 is 0. The van der Waals surface area contributed by atoms with Crippen molar-refractivity contribution in [3.63, 3.8) is 0 Å². The first-order valence-corrected chi connectivity index (χ1v) is 6.99. The van der Waals surface area contributed by atoms with E-state index in [1.807, 2.05) is 6.92 Å². The van der Waals surface area contributed by atoms with Crippen molar-refractivity contribution >= 4 is 5.97 Å². The summed E-state index contributed by atoms with van der Waals surface area (Å²) in [7, 11) is 0. The molecule has 2 rings (SSSR count). The van der Waals surface area contributed by atoms with E-state index < -0.39 is 11.4 Å². The molecule has 17 heavy (non-hydrogen) atoms.